The third kappa shape index (κ3) is 5.45. The second kappa shape index (κ2) is 9.71. The highest BCUT2D eigenvalue weighted by Gasteiger charge is 2.12. The van der Waals surface area contributed by atoms with Crippen LogP contribution < -0.4 is 14.9 Å². The molecule has 30 heavy (non-hydrogen) atoms. The summed E-state index contributed by atoms with van der Waals surface area (Å²) < 4.78 is 11.3. The van der Waals surface area contributed by atoms with Crippen molar-refractivity contribution in [3.8, 4) is 17.2 Å². The Labute approximate surface area is 181 Å². The Morgan fingerprint density at radius 3 is 2.33 bits per heavy atom. The third-order valence-corrected chi connectivity index (χ3v) is 4.49. The Balaban J connectivity index is 1.72. The van der Waals surface area contributed by atoms with E-state index in [1.807, 2.05) is 0 Å². The van der Waals surface area contributed by atoms with E-state index in [0.29, 0.717) is 22.4 Å². The van der Waals surface area contributed by atoms with Gasteiger partial charge in [-0.2, -0.15) is 5.10 Å². The van der Waals surface area contributed by atoms with Crippen LogP contribution in [0.15, 0.2) is 76.3 Å². The maximum atomic E-state index is 12.4. The van der Waals surface area contributed by atoms with Crippen LogP contribution in [0.5, 0.6) is 17.2 Å². The zero-order valence-corrected chi connectivity index (χ0v) is 17.4. The molecule has 0 atom stereocenters. The summed E-state index contributed by atoms with van der Waals surface area (Å²) in [6, 6.07) is 17.3. The van der Waals surface area contributed by atoms with Gasteiger partial charge >= 0.3 is 5.97 Å². The van der Waals surface area contributed by atoms with E-state index < -0.39 is 11.9 Å². The molecule has 0 aliphatic carbocycles. The molecule has 1 amide bonds. The fourth-order valence-electron chi connectivity index (χ4n) is 2.44. The van der Waals surface area contributed by atoms with E-state index in [2.05, 4.69) is 26.5 Å². The minimum atomic E-state index is -0.539. The summed E-state index contributed by atoms with van der Waals surface area (Å²) in [5.41, 5.74) is 3.58. The van der Waals surface area contributed by atoms with Crippen molar-refractivity contribution in [2.45, 2.75) is 0 Å². The van der Waals surface area contributed by atoms with Crippen molar-refractivity contribution in [2.75, 3.05) is 7.11 Å². The predicted octanol–water partition coefficient (Wildman–Crippen LogP) is 4.15. The van der Waals surface area contributed by atoms with Gasteiger partial charge in [-0.3, -0.25) is 4.79 Å². The average molecular weight is 469 g/mol. The number of rotatable bonds is 6. The van der Waals surface area contributed by atoms with Crippen molar-refractivity contribution in [3.63, 3.8) is 0 Å². The zero-order valence-electron chi connectivity index (χ0n) is 15.8. The number of phenols is 1. The lowest BCUT2D eigenvalue weighted by atomic mass is 10.2. The van der Waals surface area contributed by atoms with Crippen LogP contribution in [0.4, 0.5) is 0 Å². The lowest BCUT2D eigenvalue weighted by Gasteiger charge is -2.08. The molecule has 0 fully saturated rings. The molecular formula is C22H17BrN2O5. The second-order valence-corrected chi connectivity index (χ2v) is 6.96. The standard InChI is InChI=1S/C22H17BrN2O5/c1-29-19-9-4-15(5-10-19)22(28)30-20-11-6-17(23)12-16(20)13-24-25-21(27)14-2-7-18(26)8-3-14/h2-13,26H,1H3,(H,25,27). The van der Waals surface area contributed by atoms with Crippen LogP contribution in [-0.2, 0) is 0 Å². The van der Waals surface area contributed by atoms with Crippen molar-refractivity contribution in [2.24, 2.45) is 5.10 Å². The first-order valence-electron chi connectivity index (χ1n) is 8.74. The maximum Gasteiger partial charge on any atom is 0.343 e. The number of carbonyl (C=O) groups excluding carboxylic acids is 2. The molecule has 0 heterocycles. The molecule has 0 saturated heterocycles. The Bertz CT molecular complexity index is 1080. The largest absolute Gasteiger partial charge is 0.508 e. The quantitative estimate of drug-likeness (QED) is 0.245. The molecule has 0 aliphatic rings. The van der Waals surface area contributed by atoms with Crippen molar-refractivity contribution in [3.05, 3.63) is 87.9 Å². The number of benzene rings is 3. The highest BCUT2D eigenvalue weighted by atomic mass is 79.9. The molecule has 2 N–H and O–H groups in total. The van der Waals surface area contributed by atoms with Gasteiger partial charge < -0.3 is 14.6 Å². The highest BCUT2D eigenvalue weighted by Crippen LogP contribution is 2.23. The van der Waals surface area contributed by atoms with Gasteiger partial charge in [-0.15, -0.1) is 0 Å². The van der Waals surface area contributed by atoms with Crippen LogP contribution in [0, 0.1) is 0 Å². The van der Waals surface area contributed by atoms with Gasteiger partial charge in [-0.25, -0.2) is 10.2 Å². The molecule has 7 nitrogen and oxygen atoms in total. The highest BCUT2D eigenvalue weighted by molar-refractivity contribution is 9.10. The number of phenolic OH excluding ortho intramolecular Hbond substituents is 1. The van der Waals surface area contributed by atoms with E-state index in [4.69, 9.17) is 9.47 Å². The molecule has 0 saturated carbocycles. The SMILES string of the molecule is COc1ccc(C(=O)Oc2ccc(Br)cc2C=NNC(=O)c2ccc(O)cc2)cc1. The van der Waals surface area contributed by atoms with E-state index in [0.717, 1.165) is 4.47 Å². The normalized spacial score (nSPS) is 10.6. The summed E-state index contributed by atoms with van der Waals surface area (Å²) in [4.78, 5) is 24.5. The van der Waals surface area contributed by atoms with Crippen LogP contribution in [0.1, 0.15) is 26.3 Å². The van der Waals surface area contributed by atoms with Crippen molar-refractivity contribution in [1.82, 2.24) is 5.43 Å². The second-order valence-electron chi connectivity index (χ2n) is 6.05. The number of nitrogens with one attached hydrogen (secondary N) is 1. The number of hydrogen-bond acceptors (Lipinski definition) is 6. The number of carbonyl (C=O) groups is 2. The van der Waals surface area contributed by atoms with E-state index in [-0.39, 0.29) is 11.5 Å². The van der Waals surface area contributed by atoms with Gasteiger partial charge in [0.2, 0.25) is 0 Å². The van der Waals surface area contributed by atoms with Gasteiger partial charge in [0.1, 0.15) is 17.2 Å². The predicted molar refractivity (Wildman–Crippen MR) is 115 cm³/mol. The van der Waals surface area contributed by atoms with Gasteiger partial charge in [0.25, 0.3) is 5.91 Å². The number of nitrogens with zero attached hydrogens (tertiary/aromatic N) is 1. The molecule has 3 aromatic carbocycles. The first-order valence-corrected chi connectivity index (χ1v) is 9.54. The third-order valence-electron chi connectivity index (χ3n) is 4.00. The molecule has 3 rings (SSSR count). The van der Waals surface area contributed by atoms with Crippen LogP contribution in [-0.4, -0.2) is 30.3 Å². The smallest absolute Gasteiger partial charge is 0.343 e. The molecule has 3 aromatic rings. The number of amides is 1. The van der Waals surface area contributed by atoms with Gasteiger partial charge in [0, 0.05) is 15.6 Å². The van der Waals surface area contributed by atoms with Crippen LogP contribution in [0.2, 0.25) is 0 Å². The topological polar surface area (TPSA) is 97.2 Å². The first-order chi connectivity index (χ1) is 14.5. The molecule has 0 aliphatic heterocycles. The summed E-state index contributed by atoms with van der Waals surface area (Å²) in [5.74, 6) is -0.0117. The van der Waals surface area contributed by atoms with E-state index in [1.165, 1.54) is 30.5 Å². The molecule has 0 radical (unpaired) electrons. The van der Waals surface area contributed by atoms with Crippen molar-refractivity contribution < 1.29 is 24.2 Å². The average Bonchev–Trinajstić information content (AvgIpc) is 2.76. The molecule has 8 heteroatoms. The van der Waals surface area contributed by atoms with Gasteiger partial charge in [-0.05, 0) is 66.7 Å². The molecule has 0 spiro atoms. The number of halogens is 1. The Kier molecular flexibility index (Phi) is 6.82. The van der Waals surface area contributed by atoms with Crippen LogP contribution in [0.25, 0.3) is 0 Å². The van der Waals surface area contributed by atoms with E-state index in [1.54, 1.807) is 49.6 Å². The minimum absolute atomic E-state index is 0.0625. The lowest BCUT2D eigenvalue weighted by Crippen LogP contribution is -2.17. The molecule has 0 aromatic heterocycles. The summed E-state index contributed by atoms with van der Waals surface area (Å²) in [6.07, 6.45) is 1.37. The summed E-state index contributed by atoms with van der Waals surface area (Å²) in [6.45, 7) is 0. The van der Waals surface area contributed by atoms with Gasteiger partial charge in [0.05, 0.1) is 18.9 Å². The molecule has 152 valence electrons. The van der Waals surface area contributed by atoms with E-state index in [9.17, 15) is 14.7 Å². The Morgan fingerprint density at radius 1 is 1.00 bits per heavy atom. The fraction of sp³-hybridized carbons (Fsp3) is 0.0455. The fourth-order valence-corrected chi connectivity index (χ4v) is 2.82. The lowest BCUT2D eigenvalue weighted by molar-refractivity contribution is 0.0734. The number of hydrazone groups is 1. The molecule has 0 unspecified atom stereocenters. The minimum Gasteiger partial charge on any atom is -0.508 e. The maximum absolute atomic E-state index is 12.4. The Morgan fingerprint density at radius 2 is 1.67 bits per heavy atom. The number of hydrogen-bond donors (Lipinski definition) is 2. The summed E-state index contributed by atoms with van der Waals surface area (Å²) in [5, 5.41) is 13.2. The monoisotopic (exact) mass is 468 g/mol. The van der Waals surface area contributed by atoms with Gasteiger partial charge in [-0.1, -0.05) is 15.9 Å². The molecular weight excluding hydrogens is 452 g/mol. The summed E-state index contributed by atoms with van der Waals surface area (Å²) >= 11 is 3.36. The zero-order chi connectivity index (χ0) is 21.5. The number of esters is 1. The molecule has 0 bridgehead atoms. The van der Waals surface area contributed by atoms with E-state index >= 15 is 0 Å². The number of aromatic hydroxyl groups is 1. The summed E-state index contributed by atoms with van der Waals surface area (Å²) in [7, 11) is 1.54. The number of ether oxygens (including phenoxy) is 2. The van der Waals surface area contributed by atoms with Crippen molar-refractivity contribution >= 4 is 34.0 Å². The number of methoxy groups -OCH3 is 1. The van der Waals surface area contributed by atoms with Crippen LogP contribution >= 0.6 is 15.9 Å². The first kappa shape index (κ1) is 21.1. The van der Waals surface area contributed by atoms with Crippen LogP contribution in [0.3, 0.4) is 0 Å². The van der Waals surface area contributed by atoms with Crippen molar-refractivity contribution in [1.29, 1.82) is 0 Å². The Hall–Kier alpha value is -3.65. The van der Waals surface area contributed by atoms with Gasteiger partial charge in [0.15, 0.2) is 0 Å².